The molecule has 0 aliphatic carbocycles. The molecule has 18 heavy (non-hydrogen) atoms. The first kappa shape index (κ1) is 12.6. The Hall–Kier alpha value is -1.81. The van der Waals surface area contributed by atoms with Gasteiger partial charge in [0.2, 0.25) is 5.91 Å². The van der Waals surface area contributed by atoms with E-state index in [4.69, 9.17) is 11.6 Å². The lowest BCUT2D eigenvalue weighted by Gasteiger charge is -2.02. The topological polar surface area (TPSA) is 44.9 Å². The molecule has 5 heteroatoms. The third-order valence-electron chi connectivity index (χ3n) is 2.67. The van der Waals surface area contributed by atoms with Crippen molar-refractivity contribution in [3.63, 3.8) is 0 Å². The van der Waals surface area contributed by atoms with Crippen LogP contribution in [0.3, 0.4) is 0 Å². The van der Waals surface area contributed by atoms with E-state index in [1.165, 1.54) is 18.2 Å². The summed E-state index contributed by atoms with van der Waals surface area (Å²) in [5.74, 6) is -0.595. The number of amides is 1. The summed E-state index contributed by atoms with van der Waals surface area (Å²) in [4.78, 5) is 14.0. The molecular weight excluding hydrogens is 255 g/mol. The average molecular weight is 267 g/mol. The summed E-state index contributed by atoms with van der Waals surface area (Å²) in [7, 11) is 0. The molecule has 3 nitrogen and oxygen atoms in total. The number of carbonyl (C=O) groups excluding carboxylic acids is 1. The Morgan fingerprint density at radius 1 is 1.56 bits per heavy atom. The van der Waals surface area contributed by atoms with E-state index in [-0.39, 0.29) is 11.7 Å². The summed E-state index contributed by atoms with van der Waals surface area (Å²) in [6.45, 7) is 3.83. The molecule has 2 rings (SSSR count). The molecule has 2 N–H and O–H groups in total. The van der Waals surface area contributed by atoms with Gasteiger partial charge in [-0.05, 0) is 30.2 Å². The fourth-order valence-corrected chi connectivity index (χ4v) is 2.07. The minimum atomic E-state index is -0.372. The van der Waals surface area contributed by atoms with Gasteiger partial charge in [-0.1, -0.05) is 18.2 Å². The molecule has 0 aliphatic rings. The largest absolute Gasteiger partial charge is 0.360 e. The first-order valence-electron chi connectivity index (χ1n) is 5.47. The number of aromatic nitrogens is 1. The van der Waals surface area contributed by atoms with Gasteiger partial charge in [0.25, 0.3) is 0 Å². The highest BCUT2D eigenvalue weighted by Gasteiger charge is 2.08. The Morgan fingerprint density at radius 2 is 2.33 bits per heavy atom. The van der Waals surface area contributed by atoms with Gasteiger partial charge in [-0.2, -0.15) is 0 Å². The lowest BCUT2D eigenvalue weighted by Crippen LogP contribution is -2.23. The van der Waals surface area contributed by atoms with Crippen LogP contribution in [0.4, 0.5) is 4.39 Å². The first-order valence-corrected chi connectivity index (χ1v) is 5.85. The van der Waals surface area contributed by atoms with Crippen LogP contribution in [0.1, 0.15) is 5.56 Å². The van der Waals surface area contributed by atoms with Gasteiger partial charge in [0.15, 0.2) is 0 Å². The van der Waals surface area contributed by atoms with Crippen LogP contribution in [0.25, 0.3) is 10.9 Å². The van der Waals surface area contributed by atoms with E-state index in [1.807, 2.05) is 0 Å². The third-order valence-corrected chi connectivity index (χ3v) is 2.97. The predicted octanol–water partition coefficient (Wildman–Crippen LogP) is 2.81. The van der Waals surface area contributed by atoms with E-state index in [2.05, 4.69) is 16.9 Å². The van der Waals surface area contributed by atoms with Crippen molar-refractivity contribution in [2.24, 2.45) is 0 Å². The molecule has 0 aliphatic heterocycles. The summed E-state index contributed by atoms with van der Waals surface area (Å²) < 4.78 is 13.3. The molecule has 0 spiro atoms. The number of fused-ring (bicyclic) bond motifs is 1. The maximum Gasteiger partial charge on any atom is 0.243 e. The van der Waals surface area contributed by atoms with Crippen LogP contribution in [0.15, 0.2) is 31.0 Å². The van der Waals surface area contributed by atoms with Crippen LogP contribution < -0.4 is 5.32 Å². The van der Waals surface area contributed by atoms with E-state index in [0.717, 1.165) is 10.9 Å². The zero-order chi connectivity index (χ0) is 13.1. The predicted molar refractivity (Wildman–Crippen MR) is 70.2 cm³/mol. The highest BCUT2D eigenvalue weighted by atomic mass is 35.5. The summed E-state index contributed by atoms with van der Waals surface area (Å²) in [5, 5.41) is 3.76. The number of rotatable bonds is 4. The monoisotopic (exact) mass is 266 g/mol. The van der Waals surface area contributed by atoms with Crippen LogP contribution in [0.5, 0.6) is 0 Å². The Bertz CT molecular complexity index is 606. The second kappa shape index (κ2) is 5.23. The molecule has 1 heterocycles. The number of H-pyrrole nitrogens is 1. The zero-order valence-corrected chi connectivity index (χ0v) is 10.4. The number of nitrogens with one attached hydrogen (secondary N) is 2. The number of aromatic amines is 1. The van der Waals surface area contributed by atoms with Crippen LogP contribution >= 0.6 is 11.6 Å². The van der Waals surface area contributed by atoms with E-state index in [9.17, 15) is 9.18 Å². The molecule has 0 fully saturated rings. The lowest BCUT2D eigenvalue weighted by molar-refractivity contribution is -0.116. The third kappa shape index (κ3) is 2.54. The van der Waals surface area contributed by atoms with Gasteiger partial charge in [-0.3, -0.25) is 4.79 Å². The quantitative estimate of drug-likeness (QED) is 0.821. The molecule has 1 aromatic carbocycles. The van der Waals surface area contributed by atoms with Gasteiger partial charge in [0, 0.05) is 18.1 Å². The van der Waals surface area contributed by atoms with Crippen molar-refractivity contribution in [1.82, 2.24) is 10.3 Å². The van der Waals surface area contributed by atoms with Crippen LogP contribution in [0, 0.1) is 5.82 Å². The normalized spacial score (nSPS) is 10.6. The molecule has 0 unspecified atom stereocenters. The van der Waals surface area contributed by atoms with Crippen LogP contribution in [-0.4, -0.2) is 17.4 Å². The van der Waals surface area contributed by atoms with Gasteiger partial charge >= 0.3 is 0 Å². The van der Waals surface area contributed by atoms with Crippen molar-refractivity contribution >= 4 is 28.4 Å². The Morgan fingerprint density at radius 3 is 3.06 bits per heavy atom. The Balaban J connectivity index is 2.19. The van der Waals surface area contributed by atoms with Gasteiger partial charge < -0.3 is 10.3 Å². The van der Waals surface area contributed by atoms with E-state index >= 15 is 0 Å². The SMILES string of the molecule is C=CC(=O)NCCc1c[nH]c2c(Cl)cc(F)cc12. The van der Waals surface area contributed by atoms with Gasteiger partial charge in [-0.15, -0.1) is 0 Å². The van der Waals surface area contributed by atoms with E-state index in [1.54, 1.807) is 6.20 Å². The van der Waals surface area contributed by atoms with Crippen molar-refractivity contribution in [3.8, 4) is 0 Å². The van der Waals surface area contributed by atoms with Crippen LogP contribution in [-0.2, 0) is 11.2 Å². The van der Waals surface area contributed by atoms with Crippen molar-refractivity contribution in [2.45, 2.75) is 6.42 Å². The molecule has 0 saturated carbocycles. The number of carbonyl (C=O) groups is 1. The molecule has 1 amide bonds. The minimum Gasteiger partial charge on any atom is -0.360 e. The van der Waals surface area contributed by atoms with Crippen molar-refractivity contribution in [3.05, 3.63) is 47.4 Å². The fraction of sp³-hybridized carbons (Fsp3) is 0.154. The summed E-state index contributed by atoms with van der Waals surface area (Å²) in [6, 6.07) is 2.70. The molecule has 1 aromatic heterocycles. The van der Waals surface area contributed by atoms with Crippen LogP contribution in [0.2, 0.25) is 5.02 Å². The Labute approximate surface area is 109 Å². The average Bonchev–Trinajstić information content (AvgIpc) is 2.72. The Kier molecular flexibility index (Phi) is 3.67. The number of benzene rings is 1. The summed E-state index contributed by atoms with van der Waals surface area (Å²) >= 11 is 5.93. The first-order chi connectivity index (χ1) is 8.61. The van der Waals surface area contributed by atoms with Crippen molar-refractivity contribution < 1.29 is 9.18 Å². The second-order valence-corrected chi connectivity index (χ2v) is 4.28. The van der Waals surface area contributed by atoms with Gasteiger partial charge in [-0.25, -0.2) is 4.39 Å². The van der Waals surface area contributed by atoms with Gasteiger partial charge in [0.1, 0.15) is 5.82 Å². The number of hydrogen-bond donors (Lipinski definition) is 2. The maximum absolute atomic E-state index is 13.3. The number of hydrogen-bond acceptors (Lipinski definition) is 1. The number of halogens is 2. The molecule has 0 atom stereocenters. The molecule has 0 bridgehead atoms. The highest BCUT2D eigenvalue weighted by molar-refractivity contribution is 6.35. The molecule has 94 valence electrons. The van der Waals surface area contributed by atoms with E-state index in [0.29, 0.717) is 23.5 Å². The smallest absolute Gasteiger partial charge is 0.243 e. The lowest BCUT2D eigenvalue weighted by atomic mass is 10.1. The fourth-order valence-electron chi connectivity index (χ4n) is 1.81. The minimum absolute atomic E-state index is 0.223. The molecular formula is C13H12ClFN2O. The highest BCUT2D eigenvalue weighted by Crippen LogP contribution is 2.26. The molecule has 0 saturated heterocycles. The summed E-state index contributed by atoms with van der Waals surface area (Å²) in [6.07, 6.45) is 3.58. The zero-order valence-electron chi connectivity index (χ0n) is 9.59. The molecule has 2 aromatic rings. The standard InChI is InChI=1S/C13H12ClFN2O/c1-2-12(18)16-4-3-8-7-17-13-10(8)5-9(15)6-11(13)14/h2,5-7,17H,1,3-4H2,(H,16,18). The molecule has 0 radical (unpaired) electrons. The second-order valence-electron chi connectivity index (χ2n) is 3.87. The van der Waals surface area contributed by atoms with E-state index < -0.39 is 0 Å². The van der Waals surface area contributed by atoms with Crippen molar-refractivity contribution in [1.29, 1.82) is 0 Å². The maximum atomic E-state index is 13.3. The van der Waals surface area contributed by atoms with Gasteiger partial charge in [0.05, 0.1) is 10.5 Å². The van der Waals surface area contributed by atoms with Crippen molar-refractivity contribution in [2.75, 3.05) is 6.54 Å². The summed E-state index contributed by atoms with van der Waals surface area (Å²) in [5.41, 5.74) is 1.62.